The van der Waals surface area contributed by atoms with Gasteiger partial charge in [0.1, 0.15) is 0 Å². The van der Waals surface area contributed by atoms with Crippen molar-refractivity contribution in [3.8, 4) is 0 Å². The summed E-state index contributed by atoms with van der Waals surface area (Å²) in [5.41, 5.74) is 0. The van der Waals surface area contributed by atoms with Gasteiger partial charge >= 0.3 is 0 Å². The van der Waals surface area contributed by atoms with Gasteiger partial charge in [-0.1, -0.05) is 0 Å². The Morgan fingerprint density at radius 2 is 2.06 bits per heavy atom. The van der Waals surface area contributed by atoms with E-state index in [0.717, 1.165) is 0 Å². The van der Waals surface area contributed by atoms with E-state index < -0.39 is 10.2 Å². The van der Waals surface area contributed by atoms with Crippen molar-refractivity contribution in [2.45, 2.75) is 25.9 Å². The Hall–Kier alpha value is -0.210. The van der Waals surface area contributed by atoms with E-state index in [4.69, 9.17) is 5.11 Å². The number of hydrogen-bond donors (Lipinski definition) is 3. The van der Waals surface area contributed by atoms with Crippen LogP contribution in [0.15, 0.2) is 0 Å². The smallest absolute Gasteiger partial charge is 0.279 e. The molecule has 16 heavy (non-hydrogen) atoms. The second-order valence-electron chi connectivity index (χ2n) is 4.04. The van der Waals surface area contributed by atoms with Crippen molar-refractivity contribution in [1.82, 2.24) is 14.3 Å². The molecule has 1 unspecified atom stereocenters. The molecule has 1 aliphatic heterocycles. The van der Waals surface area contributed by atoms with Crippen LogP contribution in [0.5, 0.6) is 0 Å². The lowest BCUT2D eigenvalue weighted by molar-refractivity contribution is 0.182. The van der Waals surface area contributed by atoms with E-state index in [2.05, 4.69) is 10.0 Å². The summed E-state index contributed by atoms with van der Waals surface area (Å²) in [5, 5.41) is 12.1. The highest BCUT2D eigenvalue weighted by Gasteiger charge is 2.22. The average molecular weight is 251 g/mol. The van der Waals surface area contributed by atoms with Gasteiger partial charge in [0.25, 0.3) is 10.2 Å². The van der Waals surface area contributed by atoms with Gasteiger partial charge in [-0.15, -0.1) is 0 Å². The summed E-state index contributed by atoms with van der Waals surface area (Å²) in [7, 11) is -3.32. The Bertz CT molecular complexity index is 286. The highest BCUT2D eigenvalue weighted by atomic mass is 32.2. The first-order valence-corrected chi connectivity index (χ1v) is 7.10. The summed E-state index contributed by atoms with van der Waals surface area (Å²) in [4.78, 5) is 0. The van der Waals surface area contributed by atoms with E-state index in [1.54, 1.807) is 6.92 Å². The predicted octanol–water partition coefficient (Wildman–Crippen LogP) is -1.11. The lowest BCUT2D eigenvalue weighted by Crippen LogP contribution is -2.50. The van der Waals surface area contributed by atoms with Gasteiger partial charge in [-0.2, -0.15) is 12.7 Å². The predicted molar refractivity (Wildman–Crippen MR) is 62.3 cm³/mol. The number of nitrogens with one attached hydrogen (secondary N) is 2. The van der Waals surface area contributed by atoms with Crippen LogP contribution in [0.25, 0.3) is 0 Å². The zero-order valence-electron chi connectivity index (χ0n) is 9.65. The third-order valence-electron chi connectivity index (χ3n) is 2.50. The first-order chi connectivity index (χ1) is 7.52. The lowest BCUT2D eigenvalue weighted by atomic mass is 10.2. The summed E-state index contributed by atoms with van der Waals surface area (Å²) in [6.07, 6.45) is 0.899. The third-order valence-corrected chi connectivity index (χ3v) is 4.11. The molecule has 0 spiro atoms. The second-order valence-corrected chi connectivity index (χ2v) is 5.79. The number of piperazine rings is 1. The molecule has 0 amide bonds. The number of hydrogen-bond acceptors (Lipinski definition) is 4. The maximum absolute atomic E-state index is 11.8. The average Bonchev–Trinajstić information content (AvgIpc) is 2.26. The van der Waals surface area contributed by atoms with Crippen molar-refractivity contribution in [3.05, 3.63) is 0 Å². The molecule has 1 atom stereocenters. The van der Waals surface area contributed by atoms with Gasteiger partial charge in [0, 0.05) is 32.7 Å². The molecule has 7 heteroatoms. The van der Waals surface area contributed by atoms with Gasteiger partial charge in [-0.05, 0) is 19.8 Å². The van der Waals surface area contributed by atoms with E-state index >= 15 is 0 Å². The van der Waals surface area contributed by atoms with Crippen LogP contribution in [0.4, 0.5) is 0 Å². The molecule has 1 fully saturated rings. The first-order valence-electron chi connectivity index (χ1n) is 5.66. The van der Waals surface area contributed by atoms with Gasteiger partial charge in [0.05, 0.1) is 6.10 Å². The van der Waals surface area contributed by atoms with Crippen molar-refractivity contribution in [1.29, 1.82) is 0 Å². The quantitative estimate of drug-likeness (QED) is 0.523. The van der Waals surface area contributed by atoms with Crippen molar-refractivity contribution in [2.24, 2.45) is 0 Å². The Balaban J connectivity index is 2.27. The summed E-state index contributed by atoms with van der Waals surface area (Å²) in [6, 6.07) is 0. The van der Waals surface area contributed by atoms with Crippen molar-refractivity contribution in [2.75, 3.05) is 32.7 Å². The molecule has 0 radical (unpaired) electrons. The molecule has 96 valence electrons. The van der Waals surface area contributed by atoms with Crippen LogP contribution in [-0.4, -0.2) is 56.7 Å². The molecule has 3 N–H and O–H groups in total. The largest absolute Gasteiger partial charge is 0.393 e. The van der Waals surface area contributed by atoms with Gasteiger partial charge < -0.3 is 10.4 Å². The maximum atomic E-state index is 11.8. The Morgan fingerprint density at radius 1 is 1.44 bits per heavy atom. The summed E-state index contributed by atoms with van der Waals surface area (Å²) < 4.78 is 27.5. The Kier molecular flexibility index (Phi) is 5.63. The number of rotatable bonds is 6. The number of aliphatic hydroxyl groups is 1. The normalized spacial score (nSPS) is 20.9. The minimum absolute atomic E-state index is 0.372. The Labute approximate surface area is 97.2 Å². The lowest BCUT2D eigenvalue weighted by Gasteiger charge is -2.26. The topological polar surface area (TPSA) is 81.7 Å². The highest BCUT2D eigenvalue weighted by Crippen LogP contribution is 2.01. The van der Waals surface area contributed by atoms with E-state index in [1.165, 1.54) is 4.31 Å². The van der Waals surface area contributed by atoms with Crippen LogP contribution < -0.4 is 10.0 Å². The third kappa shape index (κ3) is 4.75. The fourth-order valence-electron chi connectivity index (χ4n) is 1.57. The SMILES string of the molecule is CC(O)CCCNS(=O)(=O)N1CCNCC1. The molecular weight excluding hydrogens is 230 g/mol. The van der Waals surface area contributed by atoms with E-state index in [0.29, 0.717) is 45.6 Å². The first kappa shape index (κ1) is 13.9. The number of aliphatic hydroxyl groups excluding tert-OH is 1. The van der Waals surface area contributed by atoms with E-state index in [9.17, 15) is 8.42 Å². The molecule has 0 aromatic carbocycles. The number of nitrogens with zero attached hydrogens (tertiary/aromatic N) is 1. The van der Waals surface area contributed by atoms with Crippen LogP contribution in [0.3, 0.4) is 0 Å². The van der Waals surface area contributed by atoms with Gasteiger partial charge in [0.2, 0.25) is 0 Å². The zero-order chi connectivity index (χ0) is 12.0. The summed E-state index contributed by atoms with van der Waals surface area (Å²) in [6.45, 7) is 4.53. The molecule has 1 aliphatic rings. The molecule has 1 rings (SSSR count). The van der Waals surface area contributed by atoms with Gasteiger partial charge in [0.15, 0.2) is 0 Å². The van der Waals surface area contributed by atoms with Crippen LogP contribution in [-0.2, 0) is 10.2 Å². The van der Waals surface area contributed by atoms with Crippen molar-refractivity contribution < 1.29 is 13.5 Å². The summed E-state index contributed by atoms with van der Waals surface area (Å²) >= 11 is 0. The minimum atomic E-state index is -3.32. The molecule has 0 aliphatic carbocycles. The Morgan fingerprint density at radius 3 is 2.62 bits per heavy atom. The summed E-state index contributed by atoms with van der Waals surface area (Å²) in [5.74, 6) is 0. The second kappa shape index (κ2) is 6.51. The standard InChI is InChI=1S/C9H21N3O3S/c1-9(13)3-2-4-11-16(14,15)12-7-5-10-6-8-12/h9-11,13H,2-8H2,1H3. The molecule has 0 bridgehead atoms. The fraction of sp³-hybridized carbons (Fsp3) is 1.00. The minimum Gasteiger partial charge on any atom is -0.393 e. The molecular formula is C9H21N3O3S. The van der Waals surface area contributed by atoms with Crippen LogP contribution in [0, 0.1) is 0 Å². The maximum Gasteiger partial charge on any atom is 0.279 e. The molecule has 0 aromatic rings. The van der Waals surface area contributed by atoms with Crippen LogP contribution in [0.1, 0.15) is 19.8 Å². The molecule has 0 aromatic heterocycles. The van der Waals surface area contributed by atoms with Gasteiger partial charge in [-0.25, -0.2) is 4.72 Å². The van der Waals surface area contributed by atoms with Crippen LogP contribution >= 0.6 is 0 Å². The van der Waals surface area contributed by atoms with Crippen LogP contribution in [0.2, 0.25) is 0 Å². The molecule has 1 saturated heterocycles. The van der Waals surface area contributed by atoms with E-state index in [1.807, 2.05) is 0 Å². The molecule has 0 saturated carbocycles. The monoisotopic (exact) mass is 251 g/mol. The highest BCUT2D eigenvalue weighted by molar-refractivity contribution is 7.87. The molecule has 6 nitrogen and oxygen atoms in total. The zero-order valence-corrected chi connectivity index (χ0v) is 10.5. The fourth-order valence-corrected chi connectivity index (χ4v) is 2.82. The van der Waals surface area contributed by atoms with Crippen molar-refractivity contribution in [3.63, 3.8) is 0 Å². The van der Waals surface area contributed by atoms with E-state index in [-0.39, 0.29) is 6.10 Å². The van der Waals surface area contributed by atoms with Crippen molar-refractivity contribution >= 4 is 10.2 Å². The van der Waals surface area contributed by atoms with Gasteiger partial charge in [-0.3, -0.25) is 0 Å². The molecule has 1 heterocycles.